The van der Waals surface area contributed by atoms with Gasteiger partial charge in [0.1, 0.15) is 5.54 Å². The van der Waals surface area contributed by atoms with Crippen molar-refractivity contribution in [3.8, 4) is 0 Å². The average Bonchev–Trinajstić information content (AvgIpc) is 2.19. The lowest BCUT2D eigenvalue weighted by molar-refractivity contribution is -0.131. The van der Waals surface area contributed by atoms with Crippen molar-refractivity contribution in [1.29, 1.82) is 0 Å². The van der Waals surface area contributed by atoms with Crippen molar-refractivity contribution in [2.24, 2.45) is 5.73 Å². The largest absolute Gasteiger partial charge is 0.353 e. The van der Waals surface area contributed by atoms with Crippen LogP contribution in [0.15, 0.2) is 0 Å². The van der Waals surface area contributed by atoms with Gasteiger partial charge in [0.05, 0.1) is 5.75 Å². The number of amides is 1. The Hall–Kier alpha value is -0.660. The summed E-state index contributed by atoms with van der Waals surface area (Å²) in [4.78, 5) is 11.6. The van der Waals surface area contributed by atoms with Gasteiger partial charge in [-0.25, -0.2) is 8.42 Å². The van der Waals surface area contributed by atoms with E-state index in [0.29, 0.717) is 26.1 Å². The second-order valence-electron chi connectivity index (χ2n) is 4.35. The molecular formula is C9H19N3O3S. The Balaban J connectivity index is 2.89. The molecule has 1 heterocycles. The Bertz CT molecular complexity index is 364. The summed E-state index contributed by atoms with van der Waals surface area (Å²) < 4.78 is 25.3. The molecule has 0 spiro atoms. The molecule has 0 aromatic heterocycles. The molecule has 0 saturated carbocycles. The van der Waals surface area contributed by atoms with E-state index in [1.165, 1.54) is 4.31 Å². The summed E-state index contributed by atoms with van der Waals surface area (Å²) >= 11 is 0. The summed E-state index contributed by atoms with van der Waals surface area (Å²) in [5.74, 6) is -0.254. The Morgan fingerprint density at radius 1 is 1.50 bits per heavy atom. The standard InChI is InChI=1S/C9H19N3O3S/c1-9(2)8(13)11-5-6-12(9)16(14,15)7-3-4-10/h3-7,10H2,1-2H3,(H,11,13). The Kier molecular flexibility index (Phi) is 3.92. The van der Waals surface area contributed by atoms with Gasteiger partial charge in [0.15, 0.2) is 0 Å². The zero-order valence-corrected chi connectivity index (χ0v) is 10.5. The molecule has 0 aromatic carbocycles. The van der Waals surface area contributed by atoms with Gasteiger partial charge in [0.2, 0.25) is 15.9 Å². The quantitative estimate of drug-likeness (QED) is 0.660. The first-order valence-electron chi connectivity index (χ1n) is 5.31. The zero-order valence-electron chi connectivity index (χ0n) is 9.69. The highest BCUT2D eigenvalue weighted by molar-refractivity contribution is 7.89. The lowest BCUT2D eigenvalue weighted by Gasteiger charge is -2.39. The summed E-state index contributed by atoms with van der Waals surface area (Å²) in [6.45, 7) is 4.25. The van der Waals surface area contributed by atoms with Crippen molar-refractivity contribution in [1.82, 2.24) is 9.62 Å². The van der Waals surface area contributed by atoms with Crippen LogP contribution in [0.25, 0.3) is 0 Å². The molecule has 0 radical (unpaired) electrons. The molecule has 1 fully saturated rings. The molecule has 0 unspecified atom stereocenters. The number of hydrogen-bond donors (Lipinski definition) is 2. The van der Waals surface area contributed by atoms with Gasteiger partial charge >= 0.3 is 0 Å². The Morgan fingerprint density at radius 3 is 2.69 bits per heavy atom. The van der Waals surface area contributed by atoms with Gasteiger partial charge in [-0.05, 0) is 26.8 Å². The highest BCUT2D eigenvalue weighted by Crippen LogP contribution is 2.22. The van der Waals surface area contributed by atoms with Gasteiger partial charge in [-0.2, -0.15) is 4.31 Å². The van der Waals surface area contributed by atoms with Crippen LogP contribution in [-0.2, 0) is 14.8 Å². The van der Waals surface area contributed by atoms with Crippen molar-refractivity contribution < 1.29 is 13.2 Å². The molecule has 7 heteroatoms. The van der Waals surface area contributed by atoms with E-state index in [0.717, 1.165) is 0 Å². The Morgan fingerprint density at radius 2 is 2.12 bits per heavy atom. The van der Waals surface area contributed by atoms with E-state index in [2.05, 4.69) is 5.32 Å². The van der Waals surface area contributed by atoms with Gasteiger partial charge in [-0.3, -0.25) is 4.79 Å². The normalized spacial score (nSPS) is 21.8. The Labute approximate surface area is 96.2 Å². The molecule has 16 heavy (non-hydrogen) atoms. The van der Waals surface area contributed by atoms with E-state index in [-0.39, 0.29) is 11.7 Å². The molecular weight excluding hydrogens is 230 g/mol. The number of sulfonamides is 1. The molecule has 0 aromatic rings. The van der Waals surface area contributed by atoms with Crippen LogP contribution in [0.2, 0.25) is 0 Å². The van der Waals surface area contributed by atoms with Crippen LogP contribution in [0.4, 0.5) is 0 Å². The number of rotatable bonds is 4. The van der Waals surface area contributed by atoms with Crippen LogP contribution in [0.1, 0.15) is 20.3 Å². The van der Waals surface area contributed by atoms with Crippen LogP contribution in [-0.4, -0.2) is 49.6 Å². The molecule has 94 valence electrons. The van der Waals surface area contributed by atoms with Crippen molar-refractivity contribution in [2.45, 2.75) is 25.8 Å². The highest BCUT2D eigenvalue weighted by Gasteiger charge is 2.43. The number of carbonyl (C=O) groups is 1. The third-order valence-corrected chi connectivity index (χ3v) is 4.84. The topological polar surface area (TPSA) is 92.5 Å². The molecule has 0 atom stereocenters. The molecule has 1 amide bonds. The third kappa shape index (κ3) is 2.53. The number of nitrogens with one attached hydrogen (secondary N) is 1. The number of nitrogens with zero attached hydrogens (tertiary/aromatic N) is 1. The number of hydrogen-bond acceptors (Lipinski definition) is 4. The lowest BCUT2D eigenvalue weighted by atomic mass is 10.0. The van der Waals surface area contributed by atoms with Crippen molar-refractivity contribution >= 4 is 15.9 Å². The van der Waals surface area contributed by atoms with Gasteiger partial charge in [0.25, 0.3) is 0 Å². The van der Waals surface area contributed by atoms with Crippen LogP contribution in [0, 0.1) is 0 Å². The monoisotopic (exact) mass is 249 g/mol. The SMILES string of the molecule is CC1(C)C(=O)NCCN1S(=O)(=O)CCCN. The second kappa shape index (κ2) is 4.68. The maximum Gasteiger partial charge on any atom is 0.241 e. The van der Waals surface area contributed by atoms with Crippen LogP contribution < -0.4 is 11.1 Å². The average molecular weight is 249 g/mol. The van der Waals surface area contributed by atoms with E-state index in [1.54, 1.807) is 13.8 Å². The lowest BCUT2D eigenvalue weighted by Crippen LogP contribution is -2.63. The third-order valence-electron chi connectivity index (χ3n) is 2.72. The zero-order chi connectivity index (χ0) is 12.4. The van der Waals surface area contributed by atoms with Crippen molar-refractivity contribution in [3.05, 3.63) is 0 Å². The van der Waals surface area contributed by atoms with E-state index < -0.39 is 15.6 Å². The summed E-state index contributed by atoms with van der Waals surface area (Å²) in [5, 5.41) is 2.66. The number of piperazine rings is 1. The van der Waals surface area contributed by atoms with E-state index >= 15 is 0 Å². The van der Waals surface area contributed by atoms with Gasteiger partial charge in [0, 0.05) is 13.1 Å². The van der Waals surface area contributed by atoms with E-state index in [4.69, 9.17) is 5.73 Å². The summed E-state index contributed by atoms with van der Waals surface area (Å²) in [6, 6.07) is 0. The predicted octanol–water partition coefficient (Wildman–Crippen LogP) is -1.12. The fraction of sp³-hybridized carbons (Fsp3) is 0.889. The molecule has 6 nitrogen and oxygen atoms in total. The fourth-order valence-electron chi connectivity index (χ4n) is 1.74. The minimum atomic E-state index is -3.39. The fourth-order valence-corrected chi connectivity index (χ4v) is 3.64. The van der Waals surface area contributed by atoms with Crippen LogP contribution >= 0.6 is 0 Å². The maximum atomic E-state index is 12.0. The minimum Gasteiger partial charge on any atom is -0.353 e. The first-order valence-corrected chi connectivity index (χ1v) is 6.92. The molecule has 3 N–H and O–H groups in total. The molecule has 1 rings (SSSR count). The number of carbonyl (C=O) groups excluding carboxylic acids is 1. The predicted molar refractivity (Wildman–Crippen MR) is 61.3 cm³/mol. The first-order chi connectivity index (χ1) is 7.32. The first kappa shape index (κ1) is 13.4. The second-order valence-corrected chi connectivity index (χ2v) is 6.36. The molecule has 1 aliphatic rings. The number of nitrogens with two attached hydrogens (primary N) is 1. The van der Waals surface area contributed by atoms with Crippen molar-refractivity contribution in [3.63, 3.8) is 0 Å². The maximum absolute atomic E-state index is 12.0. The summed E-state index contributed by atoms with van der Waals surface area (Å²) in [7, 11) is -3.39. The summed E-state index contributed by atoms with van der Waals surface area (Å²) in [6.07, 6.45) is 0.413. The van der Waals surface area contributed by atoms with E-state index in [1.807, 2.05) is 0 Å². The van der Waals surface area contributed by atoms with Gasteiger partial charge in [-0.15, -0.1) is 0 Å². The van der Waals surface area contributed by atoms with Gasteiger partial charge < -0.3 is 11.1 Å². The summed E-state index contributed by atoms with van der Waals surface area (Å²) in [5.41, 5.74) is 4.29. The highest BCUT2D eigenvalue weighted by atomic mass is 32.2. The molecule has 1 aliphatic heterocycles. The minimum absolute atomic E-state index is 0.000208. The van der Waals surface area contributed by atoms with E-state index in [9.17, 15) is 13.2 Å². The smallest absolute Gasteiger partial charge is 0.241 e. The molecule has 0 bridgehead atoms. The van der Waals surface area contributed by atoms with Crippen LogP contribution in [0.5, 0.6) is 0 Å². The molecule has 1 saturated heterocycles. The van der Waals surface area contributed by atoms with Crippen molar-refractivity contribution in [2.75, 3.05) is 25.4 Å². The molecule has 0 aliphatic carbocycles. The van der Waals surface area contributed by atoms with Crippen LogP contribution in [0.3, 0.4) is 0 Å². The van der Waals surface area contributed by atoms with Gasteiger partial charge in [-0.1, -0.05) is 0 Å².